The molecular formula is C20H15BrO7S. The zero-order valence-electron chi connectivity index (χ0n) is 14.8. The fourth-order valence-corrected chi connectivity index (χ4v) is 4.38. The lowest BCUT2D eigenvalue weighted by atomic mass is 10.1. The van der Waals surface area contributed by atoms with E-state index in [0.717, 1.165) is 16.9 Å². The van der Waals surface area contributed by atoms with E-state index >= 15 is 0 Å². The number of aromatic hydroxyl groups is 1. The Balaban J connectivity index is 1.93. The zero-order valence-corrected chi connectivity index (χ0v) is 17.2. The van der Waals surface area contributed by atoms with Gasteiger partial charge in [-0.1, -0.05) is 30.3 Å². The monoisotopic (exact) mass is 478 g/mol. The third-order valence-electron chi connectivity index (χ3n) is 3.80. The number of aromatic carboxylic acids is 1. The summed E-state index contributed by atoms with van der Waals surface area (Å²) < 4.78 is 11.2. The average molecular weight is 479 g/mol. The summed E-state index contributed by atoms with van der Waals surface area (Å²) in [5, 5.41) is 28.3. The number of hydrogen-bond acceptors (Lipinski definition) is 6. The van der Waals surface area contributed by atoms with Crippen molar-refractivity contribution in [1.82, 2.24) is 0 Å². The highest BCUT2D eigenvalue weighted by Gasteiger charge is 2.24. The highest BCUT2D eigenvalue weighted by atomic mass is 79.9. The summed E-state index contributed by atoms with van der Waals surface area (Å²) >= 11 is 4.23. The molecule has 0 unspecified atom stereocenters. The van der Waals surface area contributed by atoms with Gasteiger partial charge in [0.1, 0.15) is 6.61 Å². The van der Waals surface area contributed by atoms with E-state index < -0.39 is 18.5 Å². The molecule has 0 aliphatic rings. The Bertz CT molecular complexity index is 1050. The van der Waals surface area contributed by atoms with Gasteiger partial charge in [0.2, 0.25) is 0 Å². The fraction of sp³-hybridized carbons (Fsp3) is 0.100. The van der Waals surface area contributed by atoms with Crippen molar-refractivity contribution in [3.05, 3.63) is 63.4 Å². The van der Waals surface area contributed by atoms with Crippen LogP contribution >= 0.6 is 27.3 Å². The molecule has 0 aliphatic heterocycles. The van der Waals surface area contributed by atoms with E-state index in [1.54, 1.807) is 12.1 Å². The van der Waals surface area contributed by atoms with E-state index in [4.69, 9.17) is 14.6 Å². The molecule has 150 valence electrons. The molecule has 3 N–H and O–H groups in total. The first-order valence-electron chi connectivity index (χ1n) is 8.27. The number of benzene rings is 2. The van der Waals surface area contributed by atoms with Crippen molar-refractivity contribution in [3.63, 3.8) is 0 Å². The molecule has 0 radical (unpaired) electrons. The van der Waals surface area contributed by atoms with Gasteiger partial charge in [-0.3, -0.25) is 0 Å². The lowest BCUT2D eigenvalue weighted by molar-refractivity contribution is -0.139. The minimum Gasteiger partial charge on any atom is -0.504 e. The molecule has 2 aromatic carbocycles. The topological polar surface area (TPSA) is 113 Å². The van der Waals surface area contributed by atoms with Crippen LogP contribution < -0.4 is 9.47 Å². The van der Waals surface area contributed by atoms with Gasteiger partial charge < -0.3 is 24.8 Å². The summed E-state index contributed by atoms with van der Waals surface area (Å²) in [4.78, 5) is 22.7. The van der Waals surface area contributed by atoms with Gasteiger partial charge in [0.15, 0.2) is 28.7 Å². The minimum atomic E-state index is -1.23. The number of carbonyl (C=O) groups is 2. The van der Waals surface area contributed by atoms with Crippen molar-refractivity contribution in [3.8, 4) is 27.7 Å². The molecule has 3 rings (SSSR count). The predicted molar refractivity (Wildman–Crippen MR) is 110 cm³/mol. The molecule has 29 heavy (non-hydrogen) atoms. The standard InChI is InChI=1S/C20H15BrO7S/c21-16-17(28-10-15(23)24)19(20(25)26)29-18(16)12-6-7-13(22)14(8-12)27-9-11-4-2-1-3-5-11/h1-8,22H,9-10H2,(H,23,24)(H,25,26). The largest absolute Gasteiger partial charge is 0.504 e. The van der Waals surface area contributed by atoms with Crippen molar-refractivity contribution in [2.24, 2.45) is 0 Å². The second kappa shape index (κ2) is 8.97. The van der Waals surface area contributed by atoms with Crippen molar-refractivity contribution >= 4 is 39.2 Å². The predicted octanol–water partition coefficient (Wildman–Crippen LogP) is 4.62. The Morgan fingerprint density at radius 3 is 2.41 bits per heavy atom. The summed E-state index contributed by atoms with van der Waals surface area (Å²) in [5.41, 5.74) is 1.50. The molecule has 1 aromatic heterocycles. The Hall–Kier alpha value is -3.04. The van der Waals surface area contributed by atoms with Crippen molar-refractivity contribution < 1.29 is 34.4 Å². The molecule has 7 nitrogen and oxygen atoms in total. The van der Waals surface area contributed by atoms with Gasteiger partial charge >= 0.3 is 11.9 Å². The quantitative estimate of drug-likeness (QED) is 0.432. The van der Waals surface area contributed by atoms with Gasteiger partial charge in [-0.25, -0.2) is 9.59 Å². The Labute approximate surface area is 177 Å². The number of carboxylic acids is 2. The normalized spacial score (nSPS) is 10.5. The molecule has 0 spiro atoms. The van der Waals surface area contributed by atoms with Crippen LogP contribution in [-0.4, -0.2) is 33.9 Å². The molecule has 0 amide bonds. The molecular weight excluding hydrogens is 464 g/mol. The Kier molecular flexibility index (Phi) is 6.40. The number of ether oxygens (including phenoxy) is 2. The first-order chi connectivity index (χ1) is 13.9. The van der Waals surface area contributed by atoms with Crippen LogP contribution in [0.1, 0.15) is 15.2 Å². The van der Waals surface area contributed by atoms with Crippen LogP contribution in [0.25, 0.3) is 10.4 Å². The number of carboxylic acid groups (broad SMARTS) is 2. The minimum absolute atomic E-state index is 0.0558. The van der Waals surface area contributed by atoms with Gasteiger partial charge in [0, 0.05) is 0 Å². The van der Waals surface area contributed by atoms with Crippen molar-refractivity contribution in [2.75, 3.05) is 6.61 Å². The molecule has 3 aromatic rings. The highest BCUT2D eigenvalue weighted by molar-refractivity contribution is 9.10. The average Bonchev–Trinajstić information content (AvgIpc) is 3.03. The second-order valence-electron chi connectivity index (χ2n) is 5.85. The molecule has 1 heterocycles. The third-order valence-corrected chi connectivity index (χ3v) is 6.03. The van der Waals surface area contributed by atoms with E-state index in [0.29, 0.717) is 14.9 Å². The maximum atomic E-state index is 11.5. The van der Waals surface area contributed by atoms with Gasteiger partial charge in [0.05, 0.1) is 9.35 Å². The maximum absolute atomic E-state index is 11.5. The number of phenols is 1. The number of hydrogen-bond donors (Lipinski definition) is 3. The van der Waals surface area contributed by atoms with Crippen LogP contribution in [-0.2, 0) is 11.4 Å². The second-order valence-corrected chi connectivity index (χ2v) is 7.66. The van der Waals surface area contributed by atoms with Crippen LogP contribution in [0.3, 0.4) is 0 Å². The Morgan fingerprint density at radius 2 is 1.76 bits per heavy atom. The number of halogens is 1. The van der Waals surface area contributed by atoms with Crippen molar-refractivity contribution in [2.45, 2.75) is 6.61 Å². The molecule has 0 fully saturated rings. The van der Waals surface area contributed by atoms with Crippen LogP contribution in [0.5, 0.6) is 17.2 Å². The number of rotatable bonds is 8. The lowest BCUT2D eigenvalue weighted by Gasteiger charge is -2.10. The molecule has 0 aliphatic carbocycles. The summed E-state index contributed by atoms with van der Waals surface area (Å²) in [7, 11) is 0. The smallest absolute Gasteiger partial charge is 0.349 e. The molecule has 0 saturated heterocycles. The maximum Gasteiger partial charge on any atom is 0.349 e. The first kappa shape index (κ1) is 20.7. The van der Waals surface area contributed by atoms with E-state index in [-0.39, 0.29) is 28.7 Å². The number of thiophene rings is 1. The van der Waals surface area contributed by atoms with Crippen LogP contribution in [0.15, 0.2) is 53.0 Å². The first-order valence-corrected chi connectivity index (χ1v) is 9.88. The highest BCUT2D eigenvalue weighted by Crippen LogP contribution is 2.47. The van der Waals surface area contributed by atoms with E-state index in [1.807, 2.05) is 30.3 Å². The van der Waals surface area contributed by atoms with Gasteiger partial charge in [-0.05, 0) is 45.3 Å². The van der Waals surface area contributed by atoms with Gasteiger partial charge in [-0.15, -0.1) is 11.3 Å². The zero-order chi connectivity index (χ0) is 21.0. The summed E-state index contributed by atoms with van der Waals surface area (Å²) in [5.74, 6) is -2.33. The van der Waals surface area contributed by atoms with E-state index in [1.165, 1.54) is 6.07 Å². The summed E-state index contributed by atoms with van der Waals surface area (Å²) in [6.07, 6.45) is 0. The SMILES string of the molecule is O=C(O)COc1c(C(=O)O)sc(-c2ccc(O)c(OCc3ccccc3)c2)c1Br. The van der Waals surface area contributed by atoms with E-state index in [2.05, 4.69) is 15.9 Å². The molecule has 0 saturated carbocycles. The Morgan fingerprint density at radius 1 is 1.03 bits per heavy atom. The molecule has 0 bridgehead atoms. The summed E-state index contributed by atoms with van der Waals surface area (Å²) in [6.45, 7) is -0.424. The third kappa shape index (κ3) is 4.87. The van der Waals surface area contributed by atoms with Crippen LogP contribution in [0.4, 0.5) is 0 Å². The van der Waals surface area contributed by atoms with Gasteiger partial charge in [-0.2, -0.15) is 0 Å². The summed E-state index contributed by atoms with van der Waals surface area (Å²) in [6, 6.07) is 14.1. The van der Waals surface area contributed by atoms with Gasteiger partial charge in [0.25, 0.3) is 0 Å². The number of aliphatic carboxylic acids is 1. The van der Waals surface area contributed by atoms with Crippen LogP contribution in [0.2, 0.25) is 0 Å². The number of phenolic OH excluding ortho intramolecular Hbond substituents is 1. The fourth-order valence-electron chi connectivity index (χ4n) is 2.49. The lowest BCUT2D eigenvalue weighted by Crippen LogP contribution is -2.11. The van der Waals surface area contributed by atoms with Crippen molar-refractivity contribution in [1.29, 1.82) is 0 Å². The molecule has 0 atom stereocenters. The van der Waals surface area contributed by atoms with Crippen LogP contribution in [0, 0.1) is 0 Å². The van der Waals surface area contributed by atoms with E-state index in [9.17, 15) is 19.8 Å². The molecule has 9 heteroatoms.